The summed E-state index contributed by atoms with van der Waals surface area (Å²) < 4.78 is 3.01. The number of nitrogens with one attached hydrogen (secondary N) is 1. The quantitative estimate of drug-likeness (QED) is 0.607. The molecule has 0 aliphatic rings. The SMILES string of the molecule is CCn1nc(C(=O)Nc2cccc(-n3cccn3)c2)c2ccccc2c1=O. The molecular weight excluding hydrogens is 342 g/mol. The lowest BCUT2D eigenvalue weighted by Gasteiger charge is -2.11. The summed E-state index contributed by atoms with van der Waals surface area (Å²) >= 11 is 0. The Bertz CT molecular complexity index is 1180. The first-order valence-corrected chi connectivity index (χ1v) is 8.58. The molecule has 4 rings (SSSR count). The van der Waals surface area contributed by atoms with Gasteiger partial charge in [0.1, 0.15) is 0 Å². The summed E-state index contributed by atoms with van der Waals surface area (Å²) in [6.45, 7) is 2.21. The third kappa shape index (κ3) is 3.10. The normalized spacial score (nSPS) is 10.9. The van der Waals surface area contributed by atoms with Crippen LogP contribution < -0.4 is 10.9 Å². The maximum absolute atomic E-state index is 12.9. The van der Waals surface area contributed by atoms with E-state index in [1.807, 2.05) is 37.4 Å². The number of amides is 1. The third-order valence-corrected chi connectivity index (χ3v) is 4.26. The second-order valence-corrected chi connectivity index (χ2v) is 5.97. The number of carbonyl (C=O) groups is 1. The van der Waals surface area contributed by atoms with Gasteiger partial charge in [0.25, 0.3) is 11.5 Å². The molecule has 0 bridgehead atoms. The van der Waals surface area contributed by atoms with Crippen molar-refractivity contribution in [2.45, 2.75) is 13.5 Å². The van der Waals surface area contributed by atoms with Gasteiger partial charge in [0.2, 0.25) is 0 Å². The Morgan fingerprint density at radius 1 is 1.07 bits per heavy atom. The molecular formula is C20H17N5O2. The Hall–Kier alpha value is -3.74. The first-order valence-electron chi connectivity index (χ1n) is 8.58. The number of rotatable bonds is 4. The van der Waals surface area contributed by atoms with Crippen molar-refractivity contribution in [2.24, 2.45) is 0 Å². The molecule has 0 atom stereocenters. The predicted molar refractivity (Wildman–Crippen MR) is 103 cm³/mol. The number of fused-ring (bicyclic) bond motifs is 1. The average Bonchev–Trinajstić information content (AvgIpc) is 3.23. The van der Waals surface area contributed by atoms with Crippen molar-refractivity contribution >= 4 is 22.4 Å². The van der Waals surface area contributed by atoms with E-state index in [2.05, 4.69) is 15.5 Å². The van der Waals surface area contributed by atoms with Gasteiger partial charge in [-0.1, -0.05) is 24.3 Å². The lowest BCUT2D eigenvalue weighted by molar-refractivity contribution is 0.102. The monoisotopic (exact) mass is 359 g/mol. The van der Waals surface area contributed by atoms with Crippen molar-refractivity contribution in [3.05, 3.63) is 83.0 Å². The molecule has 0 fully saturated rings. The molecule has 0 aliphatic heterocycles. The summed E-state index contributed by atoms with van der Waals surface area (Å²) in [5.74, 6) is -0.369. The Morgan fingerprint density at radius 3 is 2.63 bits per heavy atom. The van der Waals surface area contributed by atoms with E-state index in [1.54, 1.807) is 41.2 Å². The van der Waals surface area contributed by atoms with Gasteiger partial charge in [0.15, 0.2) is 5.69 Å². The van der Waals surface area contributed by atoms with Crippen LogP contribution in [-0.2, 0) is 6.54 Å². The molecule has 0 saturated carbocycles. The van der Waals surface area contributed by atoms with Crippen molar-refractivity contribution in [3.63, 3.8) is 0 Å². The molecule has 7 heteroatoms. The molecule has 0 unspecified atom stereocenters. The van der Waals surface area contributed by atoms with E-state index in [0.717, 1.165) is 5.69 Å². The lowest BCUT2D eigenvalue weighted by Crippen LogP contribution is -2.27. The van der Waals surface area contributed by atoms with Crippen LogP contribution >= 0.6 is 0 Å². The molecule has 2 aromatic carbocycles. The topological polar surface area (TPSA) is 81.8 Å². The van der Waals surface area contributed by atoms with Gasteiger partial charge in [0, 0.05) is 30.0 Å². The Kier molecular flexibility index (Phi) is 4.25. The molecule has 0 saturated heterocycles. The highest BCUT2D eigenvalue weighted by Crippen LogP contribution is 2.18. The van der Waals surface area contributed by atoms with Crippen LogP contribution in [0.3, 0.4) is 0 Å². The summed E-state index contributed by atoms with van der Waals surface area (Å²) in [4.78, 5) is 25.3. The average molecular weight is 359 g/mol. The molecule has 0 aliphatic carbocycles. The molecule has 2 aromatic heterocycles. The minimum absolute atomic E-state index is 0.203. The molecule has 27 heavy (non-hydrogen) atoms. The molecule has 0 radical (unpaired) electrons. The van der Waals surface area contributed by atoms with Crippen LogP contribution in [0.5, 0.6) is 0 Å². The van der Waals surface area contributed by atoms with E-state index < -0.39 is 0 Å². The number of aromatic nitrogens is 4. The van der Waals surface area contributed by atoms with Crippen molar-refractivity contribution < 1.29 is 4.79 Å². The van der Waals surface area contributed by atoms with Crippen molar-refractivity contribution in [1.29, 1.82) is 0 Å². The Labute approximate surface area is 154 Å². The molecule has 7 nitrogen and oxygen atoms in total. The van der Waals surface area contributed by atoms with Gasteiger partial charge in [-0.25, -0.2) is 9.36 Å². The fourth-order valence-electron chi connectivity index (χ4n) is 2.96. The fraction of sp³-hybridized carbons (Fsp3) is 0.100. The number of anilines is 1. The summed E-state index contributed by atoms with van der Waals surface area (Å²) in [6.07, 6.45) is 3.52. The third-order valence-electron chi connectivity index (χ3n) is 4.26. The van der Waals surface area contributed by atoms with E-state index in [1.165, 1.54) is 4.68 Å². The highest BCUT2D eigenvalue weighted by atomic mass is 16.2. The smallest absolute Gasteiger partial charge is 0.276 e. The maximum atomic E-state index is 12.9. The summed E-state index contributed by atoms with van der Waals surface area (Å²) in [7, 11) is 0. The van der Waals surface area contributed by atoms with Crippen LogP contribution in [0.2, 0.25) is 0 Å². The summed E-state index contributed by atoms with van der Waals surface area (Å²) in [6, 6.07) is 16.2. The second-order valence-electron chi connectivity index (χ2n) is 5.97. The van der Waals surface area contributed by atoms with Crippen molar-refractivity contribution in [3.8, 4) is 5.69 Å². The van der Waals surface area contributed by atoms with Gasteiger partial charge in [-0.05, 0) is 37.3 Å². The summed E-state index contributed by atoms with van der Waals surface area (Å²) in [5.41, 5.74) is 1.46. The first-order chi connectivity index (χ1) is 13.2. The van der Waals surface area contributed by atoms with Crippen LogP contribution in [0.25, 0.3) is 16.5 Å². The van der Waals surface area contributed by atoms with E-state index in [-0.39, 0.29) is 17.2 Å². The minimum atomic E-state index is -0.369. The van der Waals surface area contributed by atoms with E-state index in [0.29, 0.717) is 23.0 Å². The number of benzene rings is 2. The number of hydrogen-bond acceptors (Lipinski definition) is 4. The molecule has 1 amide bonds. The molecule has 0 spiro atoms. The maximum Gasteiger partial charge on any atom is 0.276 e. The van der Waals surface area contributed by atoms with E-state index >= 15 is 0 Å². The van der Waals surface area contributed by atoms with E-state index in [4.69, 9.17) is 0 Å². The zero-order chi connectivity index (χ0) is 18.8. The van der Waals surface area contributed by atoms with Crippen LogP contribution in [0.15, 0.2) is 71.8 Å². The number of nitrogens with zero attached hydrogens (tertiary/aromatic N) is 4. The van der Waals surface area contributed by atoms with Gasteiger partial charge in [-0.15, -0.1) is 0 Å². The fourth-order valence-corrected chi connectivity index (χ4v) is 2.96. The van der Waals surface area contributed by atoms with Gasteiger partial charge < -0.3 is 5.32 Å². The van der Waals surface area contributed by atoms with Crippen LogP contribution in [0, 0.1) is 0 Å². The number of carbonyl (C=O) groups excluding carboxylic acids is 1. The van der Waals surface area contributed by atoms with Crippen LogP contribution in [0.4, 0.5) is 5.69 Å². The lowest BCUT2D eigenvalue weighted by atomic mass is 10.1. The molecule has 2 heterocycles. The molecule has 1 N–H and O–H groups in total. The van der Waals surface area contributed by atoms with Gasteiger partial charge in [-0.3, -0.25) is 9.59 Å². The minimum Gasteiger partial charge on any atom is -0.321 e. The predicted octanol–water partition coefficient (Wildman–Crippen LogP) is 2.85. The van der Waals surface area contributed by atoms with Crippen molar-refractivity contribution in [1.82, 2.24) is 19.6 Å². The zero-order valence-corrected chi connectivity index (χ0v) is 14.7. The van der Waals surface area contributed by atoms with Crippen LogP contribution in [-0.4, -0.2) is 25.5 Å². The van der Waals surface area contributed by atoms with Gasteiger partial charge >= 0.3 is 0 Å². The number of hydrogen-bond donors (Lipinski definition) is 1. The molecule has 4 aromatic rings. The Morgan fingerprint density at radius 2 is 1.89 bits per heavy atom. The molecule has 134 valence electrons. The highest BCUT2D eigenvalue weighted by Gasteiger charge is 2.16. The first kappa shape index (κ1) is 16.7. The summed E-state index contributed by atoms with van der Waals surface area (Å²) in [5, 5.41) is 12.3. The standard InChI is InChI=1S/C20H17N5O2/c1-2-24-20(27)17-10-4-3-9-16(17)18(23-24)19(26)22-14-7-5-8-15(13-14)25-12-6-11-21-25/h3-13H,2H2,1H3,(H,22,26). The van der Waals surface area contributed by atoms with E-state index in [9.17, 15) is 9.59 Å². The largest absolute Gasteiger partial charge is 0.321 e. The zero-order valence-electron chi connectivity index (χ0n) is 14.7. The van der Waals surface area contributed by atoms with Gasteiger partial charge in [-0.2, -0.15) is 10.2 Å². The second kappa shape index (κ2) is 6.87. The van der Waals surface area contributed by atoms with Crippen LogP contribution in [0.1, 0.15) is 17.4 Å². The number of aryl methyl sites for hydroxylation is 1. The highest BCUT2D eigenvalue weighted by molar-refractivity contribution is 6.11. The van der Waals surface area contributed by atoms with Gasteiger partial charge in [0.05, 0.1) is 11.1 Å². The Balaban J connectivity index is 1.73. The van der Waals surface area contributed by atoms with Crippen molar-refractivity contribution in [2.75, 3.05) is 5.32 Å².